The molecule has 4 aromatic rings. The van der Waals surface area contributed by atoms with Gasteiger partial charge in [-0.3, -0.25) is 4.79 Å². The Morgan fingerprint density at radius 1 is 1.28 bits per heavy atom. The second-order valence-electron chi connectivity index (χ2n) is 7.33. The molecule has 1 aliphatic rings. The molecule has 0 radical (unpaired) electrons. The topological polar surface area (TPSA) is 86.1 Å². The minimum absolute atomic E-state index is 0.171. The number of imidazole rings is 1. The molecule has 0 aromatic carbocycles. The van der Waals surface area contributed by atoms with Gasteiger partial charge in [0.1, 0.15) is 11.9 Å². The van der Waals surface area contributed by atoms with Crippen LogP contribution < -0.4 is 0 Å². The third kappa shape index (κ3) is 2.76. The van der Waals surface area contributed by atoms with Crippen LogP contribution in [0.5, 0.6) is 0 Å². The highest BCUT2D eigenvalue weighted by Gasteiger charge is 2.38. The van der Waals surface area contributed by atoms with E-state index in [0.717, 1.165) is 28.2 Å². The van der Waals surface area contributed by atoms with Gasteiger partial charge in [-0.15, -0.1) is 0 Å². The summed E-state index contributed by atoms with van der Waals surface area (Å²) in [7, 11) is 4.40. The normalized spacial score (nSPS) is 16.4. The maximum atomic E-state index is 13.4. The number of fused-ring (bicyclic) bond motifs is 2. The number of hydrogen-bond donors (Lipinski definition) is 0. The maximum absolute atomic E-state index is 13.4. The zero-order chi connectivity index (χ0) is 20.3. The van der Waals surface area contributed by atoms with Crippen LogP contribution in [0.4, 0.5) is 0 Å². The average molecular weight is 408 g/mol. The van der Waals surface area contributed by atoms with E-state index in [4.69, 9.17) is 5.10 Å². The molecule has 10 heteroatoms. The van der Waals surface area contributed by atoms with Gasteiger partial charge in [0.2, 0.25) is 5.82 Å². The molecule has 0 saturated heterocycles. The van der Waals surface area contributed by atoms with Gasteiger partial charge in [0.15, 0.2) is 0 Å². The molecule has 1 aliphatic heterocycles. The van der Waals surface area contributed by atoms with Crippen LogP contribution in [0, 0.1) is 13.8 Å². The molecule has 5 heterocycles. The first-order chi connectivity index (χ1) is 13.9. The molecule has 1 amide bonds. The van der Waals surface area contributed by atoms with Gasteiger partial charge in [-0.25, -0.2) is 19.2 Å². The van der Waals surface area contributed by atoms with Gasteiger partial charge in [0, 0.05) is 31.9 Å². The lowest BCUT2D eigenvalue weighted by molar-refractivity contribution is 0.0669. The SMILES string of the molecule is Cc1nc(C(=O)N2CCc3c(ncn3P)[C@@H]2c2cc3c(C)cccn3n2)n(C)n1. The Morgan fingerprint density at radius 3 is 2.83 bits per heavy atom. The number of aromatic nitrogens is 7. The van der Waals surface area contributed by atoms with Crippen LogP contribution in [0.25, 0.3) is 5.52 Å². The van der Waals surface area contributed by atoms with Gasteiger partial charge >= 0.3 is 0 Å². The monoisotopic (exact) mass is 408 g/mol. The Balaban J connectivity index is 1.67. The molecule has 0 bridgehead atoms. The van der Waals surface area contributed by atoms with E-state index in [1.807, 2.05) is 27.2 Å². The van der Waals surface area contributed by atoms with Crippen molar-refractivity contribution in [2.24, 2.45) is 7.05 Å². The summed E-state index contributed by atoms with van der Waals surface area (Å²) < 4.78 is 5.33. The summed E-state index contributed by atoms with van der Waals surface area (Å²) >= 11 is 0. The van der Waals surface area contributed by atoms with Crippen molar-refractivity contribution in [1.29, 1.82) is 0 Å². The summed E-state index contributed by atoms with van der Waals surface area (Å²) in [5.74, 6) is 0.722. The number of nitrogens with zero attached hydrogens (tertiary/aromatic N) is 8. The van der Waals surface area contributed by atoms with Gasteiger partial charge in [0.25, 0.3) is 5.91 Å². The molecular formula is C19H21N8OP. The third-order valence-corrected chi connectivity index (χ3v) is 5.87. The van der Waals surface area contributed by atoms with E-state index in [-0.39, 0.29) is 11.9 Å². The van der Waals surface area contributed by atoms with E-state index >= 15 is 0 Å². The van der Waals surface area contributed by atoms with Gasteiger partial charge in [-0.2, -0.15) is 10.2 Å². The summed E-state index contributed by atoms with van der Waals surface area (Å²) in [5.41, 5.74) is 4.87. The van der Waals surface area contributed by atoms with Crippen molar-refractivity contribution in [2.75, 3.05) is 6.54 Å². The summed E-state index contributed by atoms with van der Waals surface area (Å²) in [6.45, 7) is 4.38. The molecule has 0 aliphatic carbocycles. The Bertz CT molecular complexity index is 1250. The van der Waals surface area contributed by atoms with Gasteiger partial charge in [0.05, 0.1) is 23.2 Å². The second kappa shape index (κ2) is 6.49. The lowest BCUT2D eigenvalue weighted by Gasteiger charge is -2.33. The number of aryl methyl sites for hydroxylation is 3. The van der Waals surface area contributed by atoms with E-state index < -0.39 is 0 Å². The van der Waals surface area contributed by atoms with E-state index in [0.29, 0.717) is 24.6 Å². The van der Waals surface area contributed by atoms with Crippen molar-refractivity contribution in [2.45, 2.75) is 26.3 Å². The molecular weight excluding hydrogens is 387 g/mol. The quantitative estimate of drug-likeness (QED) is 0.472. The van der Waals surface area contributed by atoms with Crippen molar-refractivity contribution in [1.82, 2.24) is 38.6 Å². The second-order valence-corrected chi connectivity index (χ2v) is 7.89. The molecule has 0 saturated carbocycles. The molecule has 5 rings (SSSR count). The van der Waals surface area contributed by atoms with Crippen molar-refractivity contribution >= 4 is 20.8 Å². The summed E-state index contributed by atoms with van der Waals surface area (Å²) in [6, 6.07) is 5.67. The first-order valence-electron chi connectivity index (χ1n) is 9.38. The van der Waals surface area contributed by atoms with Crippen molar-refractivity contribution in [3.05, 3.63) is 65.0 Å². The van der Waals surface area contributed by atoms with Crippen molar-refractivity contribution in [3.8, 4) is 0 Å². The minimum atomic E-state index is -0.385. The Morgan fingerprint density at radius 2 is 2.10 bits per heavy atom. The number of hydrogen-bond acceptors (Lipinski definition) is 5. The van der Waals surface area contributed by atoms with E-state index in [9.17, 15) is 4.79 Å². The van der Waals surface area contributed by atoms with E-state index in [1.165, 1.54) is 4.68 Å². The van der Waals surface area contributed by atoms with Crippen molar-refractivity contribution < 1.29 is 4.79 Å². The molecule has 0 fully saturated rings. The van der Waals surface area contributed by atoms with Crippen LogP contribution >= 0.6 is 9.39 Å². The zero-order valence-electron chi connectivity index (χ0n) is 16.4. The Labute approximate surface area is 169 Å². The number of amides is 1. The maximum Gasteiger partial charge on any atom is 0.292 e. The van der Waals surface area contributed by atoms with Crippen LogP contribution in [0.2, 0.25) is 0 Å². The van der Waals surface area contributed by atoms with Crippen LogP contribution in [0.15, 0.2) is 30.7 Å². The summed E-state index contributed by atoms with van der Waals surface area (Å²) in [6.07, 6.45) is 4.40. The molecule has 29 heavy (non-hydrogen) atoms. The largest absolute Gasteiger partial charge is 0.321 e. The fourth-order valence-electron chi connectivity index (χ4n) is 4.04. The first kappa shape index (κ1) is 18.0. The van der Waals surface area contributed by atoms with Crippen LogP contribution in [-0.4, -0.2) is 51.1 Å². The van der Waals surface area contributed by atoms with Crippen LogP contribution in [0.3, 0.4) is 0 Å². The lowest BCUT2D eigenvalue weighted by atomic mass is 9.99. The van der Waals surface area contributed by atoms with Gasteiger partial charge < -0.3 is 9.24 Å². The van der Waals surface area contributed by atoms with E-state index in [2.05, 4.69) is 37.4 Å². The summed E-state index contributed by atoms with van der Waals surface area (Å²) in [4.78, 5) is 24.2. The van der Waals surface area contributed by atoms with E-state index in [1.54, 1.807) is 25.2 Å². The molecule has 9 nitrogen and oxygen atoms in total. The van der Waals surface area contributed by atoms with Gasteiger partial charge in [-0.1, -0.05) is 6.07 Å². The highest BCUT2D eigenvalue weighted by Crippen LogP contribution is 2.35. The molecule has 0 spiro atoms. The first-order valence-corrected chi connectivity index (χ1v) is 9.90. The van der Waals surface area contributed by atoms with Crippen LogP contribution in [0.1, 0.15) is 45.1 Å². The van der Waals surface area contributed by atoms with Crippen molar-refractivity contribution in [3.63, 3.8) is 0 Å². The predicted molar refractivity (Wildman–Crippen MR) is 110 cm³/mol. The third-order valence-electron chi connectivity index (χ3n) is 5.42. The van der Waals surface area contributed by atoms with Crippen LogP contribution in [-0.2, 0) is 13.5 Å². The lowest BCUT2D eigenvalue weighted by Crippen LogP contribution is -2.42. The summed E-state index contributed by atoms with van der Waals surface area (Å²) in [5, 5.41) is 9.02. The molecule has 2 atom stereocenters. The standard InChI is InChI=1S/C19H21N8OP/c1-11-5-4-7-26-15(11)9-13(23-26)17-16-14(27(29)10-20-16)6-8-25(17)19(28)18-21-12(2)22-24(18)3/h4-5,7,9-10,17H,6,8,29H2,1-3H3/t17-/m0/s1. The zero-order valence-corrected chi connectivity index (χ0v) is 17.6. The predicted octanol–water partition coefficient (Wildman–Crippen LogP) is 1.70. The number of rotatable bonds is 2. The molecule has 148 valence electrons. The fraction of sp³-hybridized carbons (Fsp3) is 0.316. The number of carbonyl (C=O) groups is 1. The highest BCUT2D eigenvalue weighted by atomic mass is 31.0. The Kier molecular flexibility index (Phi) is 4.03. The number of carbonyl (C=O) groups excluding carboxylic acids is 1. The molecule has 0 N–H and O–H groups in total. The number of pyridine rings is 1. The minimum Gasteiger partial charge on any atom is -0.321 e. The Hall–Kier alpha value is -3.06. The molecule has 4 aromatic heterocycles. The molecule has 1 unspecified atom stereocenters. The van der Waals surface area contributed by atoms with Gasteiger partial charge in [-0.05, 0) is 40.9 Å². The highest BCUT2D eigenvalue weighted by molar-refractivity contribution is 7.14. The smallest absolute Gasteiger partial charge is 0.292 e. The average Bonchev–Trinajstić information content (AvgIpc) is 3.38. The fourth-order valence-corrected chi connectivity index (χ4v) is 4.37.